The van der Waals surface area contributed by atoms with Crippen LogP contribution in [0.4, 0.5) is 0 Å². The van der Waals surface area contributed by atoms with Gasteiger partial charge in [-0.2, -0.15) is 13.0 Å². The van der Waals surface area contributed by atoms with Crippen molar-refractivity contribution in [3.63, 3.8) is 0 Å². The van der Waals surface area contributed by atoms with Crippen molar-refractivity contribution >= 4 is 16.9 Å². The molecule has 0 aromatic heterocycles. The van der Waals surface area contributed by atoms with E-state index in [2.05, 4.69) is 17.2 Å². The summed E-state index contributed by atoms with van der Waals surface area (Å²) in [6, 6.07) is 0.333. The van der Waals surface area contributed by atoms with E-state index in [1.165, 1.54) is 0 Å². The van der Waals surface area contributed by atoms with Crippen LogP contribution in [0.3, 0.4) is 0 Å². The van der Waals surface area contributed by atoms with Crippen LogP contribution >= 0.6 is 11.8 Å². The Morgan fingerprint density at radius 2 is 2.46 bits per heavy atom. The van der Waals surface area contributed by atoms with Crippen LogP contribution in [0.2, 0.25) is 0 Å². The number of hydrogen-bond donors (Lipinski definition) is 1. The van der Waals surface area contributed by atoms with Gasteiger partial charge in [0.15, 0.2) is 5.17 Å². The zero-order chi connectivity index (χ0) is 8.81. The van der Waals surface area contributed by atoms with Crippen LogP contribution in [-0.2, 0) is 32.7 Å². The fourth-order valence-electron chi connectivity index (χ4n) is 0.993. The first-order valence-corrected chi connectivity index (χ1v) is 5.20. The molecular weight excluding hydrogens is 259 g/mol. The Bertz CT molecular complexity index is 163. The molecule has 0 aromatic rings. The van der Waals surface area contributed by atoms with Crippen molar-refractivity contribution in [2.75, 3.05) is 18.8 Å². The summed E-state index contributed by atoms with van der Waals surface area (Å²) >= 11 is 1.62. The summed E-state index contributed by atoms with van der Waals surface area (Å²) in [5, 5.41) is 5.08. The van der Waals surface area contributed by atoms with Gasteiger partial charge in [-0.3, -0.25) is 4.99 Å². The first-order valence-electron chi connectivity index (χ1n) is 4.21. The minimum atomic E-state index is 0. The SMILES string of the molecule is [CH2-]CCC[N-]CC1CSC(N)=N1.[Y]. The molecule has 1 aliphatic heterocycles. The van der Waals surface area contributed by atoms with Gasteiger partial charge in [-0.05, 0) is 0 Å². The number of nitrogens with two attached hydrogens (primary N) is 1. The van der Waals surface area contributed by atoms with E-state index in [1.54, 1.807) is 11.8 Å². The maximum absolute atomic E-state index is 5.52. The van der Waals surface area contributed by atoms with Crippen molar-refractivity contribution in [3.8, 4) is 0 Å². The van der Waals surface area contributed by atoms with Crippen LogP contribution in [0.25, 0.3) is 5.32 Å². The van der Waals surface area contributed by atoms with Gasteiger partial charge in [-0.15, -0.1) is 6.54 Å². The summed E-state index contributed by atoms with van der Waals surface area (Å²) in [5.74, 6) is 1.000. The Labute approximate surface area is 110 Å². The molecule has 0 saturated heterocycles. The van der Waals surface area contributed by atoms with Gasteiger partial charge in [-0.1, -0.05) is 18.2 Å². The molecule has 3 nitrogen and oxygen atoms in total. The van der Waals surface area contributed by atoms with Crippen LogP contribution in [0.15, 0.2) is 4.99 Å². The molecule has 0 saturated carbocycles. The Morgan fingerprint density at radius 3 is 3.00 bits per heavy atom. The molecule has 2 N–H and O–H groups in total. The third kappa shape index (κ3) is 6.05. The van der Waals surface area contributed by atoms with Crippen molar-refractivity contribution in [1.82, 2.24) is 0 Å². The summed E-state index contributed by atoms with van der Waals surface area (Å²) in [4.78, 5) is 4.23. The third-order valence-corrected chi connectivity index (χ3v) is 2.59. The van der Waals surface area contributed by atoms with Gasteiger partial charge in [0.05, 0.1) is 0 Å². The smallest absolute Gasteiger partial charge is 0.154 e. The van der Waals surface area contributed by atoms with Crippen LogP contribution in [0, 0.1) is 6.92 Å². The molecule has 1 aliphatic rings. The van der Waals surface area contributed by atoms with Crippen LogP contribution in [-0.4, -0.2) is 30.1 Å². The van der Waals surface area contributed by atoms with E-state index in [1.807, 2.05) is 0 Å². The second-order valence-electron chi connectivity index (χ2n) is 2.77. The number of amidine groups is 1. The molecule has 0 aromatic carbocycles. The van der Waals surface area contributed by atoms with E-state index >= 15 is 0 Å². The first kappa shape index (κ1) is 13.9. The summed E-state index contributed by atoms with van der Waals surface area (Å²) in [5.41, 5.74) is 5.52. The van der Waals surface area contributed by atoms with Gasteiger partial charge in [0, 0.05) is 44.5 Å². The maximum Gasteiger partial charge on any atom is 0.154 e. The van der Waals surface area contributed by atoms with Crippen molar-refractivity contribution in [2.45, 2.75) is 18.9 Å². The molecular formula is C8H15N3SY-2. The van der Waals surface area contributed by atoms with E-state index in [-0.39, 0.29) is 32.7 Å². The molecule has 0 spiro atoms. The van der Waals surface area contributed by atoms with Crippen molar-refractivity contribution in [2.24, 2.45) is 10.7 Å². The fraction of sp³-hybridized carbons (Fsp3) is 0.750. The quantitative estimate of drug-likeness (QED) is 0.608. The number of hydrogen-bond acceptors (Lipinski definition) is 3. The minimum absolute atomic E-state index is 0. The van der Waals surface area contributed by atoms with Gasteiger partial charge in [0.25, 0.3) is 0 Å². The van der Waals surface area contributed by atoms with Gasteiger partial charge >= 0.3 is 0 Å². The van der Waals surface area contributed by atoms with Crippen molar-refractivity contribution < 1.29 is 32.7 Å². The summed E-state index contributed by atoms with van der Waals surface area (Å²) in [7, 11) is 0. The monoisotopic (exact) mass is 274 g/mol. The molecule has 5 heteroatoms. The fourth-order valence-corrected chi connectivity index (χ4v) is 1.76. The van der Waals surface area contributed by atoms with Crippen molar-refractivity contribution in [3.05, 3.63) is 12.2 Å². The van der Waals surface area contributed by atoms with E-state index in [4.69, 9.17) is 5.73 Å². The molecule has 0 amide bonds. The number of rotatable bonds is 5. The Morgan fingerprint density at radius 1 is 1.69 bits per heavy atom. The van der Waals surface area contributed by atoms with Crippen LogP contribution in [0.5, 0.6) is 0 Å². The van der Waals surface area contributed by atoms with Gasteiger partial charge in [0.1, 0.15) is 0 Å². The molecule has 0 fully saturated rings. The Kier molecular flexibility index (Phi) is 8.77. The average molecular weight is 274 g/mol. The van der Waals surface area contributed by atoms with Gasteiger partial charge in [-0.25, -0.2) is 0 Å². The zero-order valence-electron chi connectivity index (χ0n) is 7.78. The molecule has 1 unspecified atom stereocenters. The average Bonchev–Trinajstić information content (AvgIpc) is 2.45. The molecule has 0 aliphatic carbocycles. The summed E-state index contributed by atoms with van der Waals surface area (Å²) in [6.45, 7) is 5.50. The minimum Gasteiger partial charge on any atom is -0.661 e. The van der Waals surface area contributed by atoms with E-state index < -0.39 is 0 Å². The standard InChI is InChI=1S/C8H15N3S.Y/c1-2-3-4-10-5-7-6-12-8(9)11-7;/h7H,1-6H2,(H2,9,11);/q-2;. The van der Waals surface area contributed by atoms with E-state index in [0.29, 0.717) is 11.2 Å². The van der Waals surface area contributed by atoms with Crippen LogP contribution < -0.4 is 5.73 Å². The second-order valence-corrected chi connectivity index (χ2v) is 3.81. The number of nitrogens with zero attached hydrogens (tertiary/aromatic N) is 2. The third-order valence-electron chi connectivity index (χ3n) is 1.64. The van der Waals surface area contributed by atoms with Crippen molar-refractivity contribution in [1.29, 1.82) is 0 Å². The predicted octanol–water partition coefficient (Wildman–Crippen LogP) is 1.40. The molecule has 0 bridgehead atoms. The first-order chi connectivity index (χ1) is 5.83. The number of aliphatic imine (C=N–C) groups is 1. The van der Waals surface area contributed by atoms with Gasteiger partial charge < -0.3 is 18.0 Å². The molecule has 1 heterocycles. The van der Waals surface area contributed by atoms with E-state index in [0.717, 1.165) is 31.7 Å². The molecule has 13 heavy (non-hydrogen) atoms. The zero-order valence-corrected chi connectivity index (χ0v) is 11.4. The topological polar surface area (TPSA) is 52.5 Å². The summed E-state index contributed by atoms with van der Waals surface area (Å²) < 4.78 is 0. The maximum atomic E-state index is 5.52. The summed E-state index contributed by atoms with van der Waals surface area (Å²) in [6.07, 6.45) is 2.05. The van der Waals surface area contributed by atoms with Crippen LogP contribution in [0.1, 0.15) is 12.8 Å². The normalized spacial score (nSPS) is 21.0. The van der Waals surface area contributed by atoms with Gasteiger partial charge in [0.2, 0.25) is 0 Å². The molecule has 1 atom stereocenters. The molecule has 1 radical (unpaired) electrons. The molecule has 73 valence electrons. The Balaban J connectivity index is 0.00000144. The predicted molar refractivity (Wildman–Crippen MR) is 55.6 cm³/mol. The van der Waals surface area contributed by atoms with E-state index in [9.17, 15) is 0 Å². The second kappa shape index (κ2) is 8.21. The number of thioether (sulfide) groups is 1. The largest absolute Gasteiger partial charge is 0.661 e. The molecule has 1 rings (SSSR count). The Hall–Kier alpha value is 0.884. The number of unbranched alkanes of at least 4 members (excludes halogenated alkanes) is 1.